The molecule has 3 nitrogen and oxygen atoms in total. The Morgan fingerprint density at radius 3 is 2.83 bits per heavy atom. The molecule has 0 unspecified atom stereocenters. The highest BCUT2D eigenvalue weighted by Crippen LogP contribution is 2.50. The predicted molar refractivity (Wildman–Crippen MR) is 102 cm³/mol. The average molecular weight is 378 g/mol. The minimum absolute atomic E-state index is 0.0401. The van der Waals surface area contributed by atoms with Gasteiger partial charge in [-0.25, -0.2) is 0 Å². The smallest absolute Gasteiger partial charge is 0.160 e. The SMILES string of the molecule is CC[C@H]1CSC2=N[C@@H](c3ccccn3)[C@@H](c3ccc(Cl)cc3Cl)N21. The summed E-state index contributed by atoms with van der Waals surface area (Å²) >= 11 is 14.5. The van der Waals surface area contributed by atoms with Gasteiger partial charge >= 0.3 is 0 Å². The Morgan fingerprint density at radius 1 is 1.25 bits per heavy atom. The van der Waals surface area contributed by atoms with E-state index >= 15 is 0 Å². The lowest BCUT2D eigenvalue weighted by Crippen LogP contribution is -2.35. The third kappa shape index (κ3) is 2.71. The van der Waals surface area contributed by atoms with Crippen LogP contribution in [0.5, 0.6) is 0 Å². The van der Waals surface area contributed by atoms with Crippen LogP contribution in [0.3, 0.4) is 0 Å². The number of thioether (sulfide) groups is 1. The van der Waals surface area contributed by atoms with E-state index in [0.717, 1.165) is 28.6 Å². The molecular formula is C18H17Cl2N3S. The summed E-state index contributed by atoms with van der Waals surface area (Å²) in [5.41, 5.74) is 2.04. The minimum Gasteiger partial charge on any atom is -0.338 e. The number of fused-ring (bicyclic) bond motifs is 1. The number of amidine groups is 1. The Hall–Kier alpha value is -1.23. The highest BCUT2D eigenvalue weighted by Gasteiger charge is 2.46. The molecule has 6 heteroatoms. The maximum atomic E-state index is 6.55. The van der Waals surface area contributed by atoms with Gasteiger partial charge in [-0.1, -0.05) is 54.0 Å². The Bertz CT molecular complexity index is 781. The molecule has 1 saturated heterocycles. The van der Waals surface area contributed by atoms with E-state index in [1.54, 1.807) is 0 Å². The third-order valence-electron chi connectivity index (χ3n) is 4.61. The van der Waals surface area contributed by atoms with Gasteiger partial charge in [0.25, 0.3) is 0 Å². The fraction of sp³-hybridized carbons (Fsp3) is 0.333. The van der Waals surface area contributed by atoms with Gasteiger partial charge in [0.2, 0.25) is 0 Å². The normalized spacial score (nSPS) is 25.7. The number of hydrogen-bond donors (Lipinski definition) is 0. The van der Waals surface area contributed by atoms with Crippen molar-refractivity contribution in [3.63, 3.8) is 0 Å². The molecule has 2 aromatic rings. The van der Waals surface area contributed by atoms with Crippen LogP contribution in [-0.4, -0.2) is 26.8 Å². The Kier molecular flexibility index (Phi) is 4.46. The maximum absolute atomic E-state index is 6.55. The largest absolute Gasteiger partial charge is 0.338 e. The molecule has 1 fully saturated rings. The van der Waals surface area contributed by atoms with Crippen LogP contribution < -0.4 is 0 Å². The first-order chi connectivity index (χ1) is 11.7. The van der Waals surface area contributed by atoms with Crippen molar-refractivity contribution < 1.29 is 0 Å². The molecule has 0 saturated carbocycles. The standard InChI is InChI=1S/C18H17Cl2N3S/c1-2-12-10-24-18-22-16(15-5-3-4-8-21-15)17(23(12)18)13-7-6-11(19)9-14(13)20/h3-9,12,16-17H,2,10H2,1H3/t12-,16-,17+/m0/s1. The molecule has 1 aromatic heterocycles. The topological polar surface area (TPSA) is 28.5 Å². The summed E-state index contributed by atoms with van der Waals surface area (Å²) in [6.45, 7) is 2.22. The molecule has 0 radical (unpaired) electrons. The molecule has 3 heterocycles. The van der Waals surface area contributed by atoms with Crippen LogP contribution in [0, 0.1) is 0 Å². The van der Waals surface area contributed by atoms with Crippen molar-refractivity contribution in [3.05, 3.63) is 63.9 Å². The molecule has 0 N–H and O–H groups in total. The molecule has 124 valence electrons. The van der Waals surface area contributed by atoms with Gasteiger partial charge < -0.3 is 4.90 Å². The summed E-state index contributed by atoms with van der Waals surface area (Å²) in [6.07, 6.45) is 2.91. The second kappa shape index (κ2) is 6.58. The molecule has 4 rings (SSSR count). The van der Waals surface area contributed by atoms with E-state index in [-0.39, 0.29) is 12.1 Å². The van der Waals surface area contributed by atoms with E-state index in [4.69, 9.17) is 28.2 Å². The fourth-order valence-corrected chi connectivity index (χ4v) is 5.29. The van der Waals surface area contributed by atoms with Crippen molar-refractivity contribution in [1.29, 1.82) is 0 Å². The summed E-state index contributed by atoms with van der Waals surface area (Å²) in [4.78, 5) is 12.0. The summed E-state index contributed by atoms with van der Waals surface area (Å²) in [7, 11) is 0. The van der Waals surface area contributed by atoms with Crippen molar-refractivity contribution >= 4 is 40.1 Å². The quantitative estimate of drug-likeness (QED) is 0.719. The van der Waals surface area contributed by atoms with Crippen molar-refractivity contribution in [2.24, 2.45) is 4.99 Å². The highest BCUT2D eigenvalue weighted by atomic mass is 35.5. The third-order valence-corrected chi connectivity index (χ3v) is 6.30. The first-order valence-corrected chi connectivity index (χ1v) is 9.78. The minimum atomic E-state index is -0.0401. The molecular weight excluding hydrogens is 361 g/mol. The summed E-state index contributed by atoms with van der Waals surface area (Å²) in [5, 5.41) is 2.45. The number of aromatic nitrogens is 1. The summed E-state index contributed by atoms with van der Waals surface area (Å²) in [6, 6.07) is 12.2. The fourth-order valence-electron chi connectivity index (χ4n) is 3.43. The lowest BCUT2D eigenvalue weighted by molar-refractivity contribution is 0.255. The van der Waals surface area contributed by atoms with Crippen molar-refractivity contribution in [2.75, 3.05) is 5.75 Å². The molecule has 0 amide bonds. The van der Waals surface area contributed by atoms with Gasteiger partial charge in [0.1, 0.15) is 6.04 Å². The van der Waals surface area contributed by atoms with Crippen LogP contribution in [0.2, 0.25) is 10.0 Å². The molecule has 0 spiro atoms. The molecule has 24 heavy (non-hydrogen) atoms. The lowest BCUT2D eigenvalue weighted by atomic mass is 9.95. The van der Waals surface area contributed by atoms with E-state index < -0.39 is 0 Å². The monoisotopic (exact) mass is 377 g/mol. The van der Waals surface area contributed by atoms with Crippen LogP contribution in [0.25, 0.3) is 0 Å². The molecule has 0 bridgehead atoms. The zero-order valence-electron chi connectivity index (χ0n) is 13.2. The lowest BCUT2D eigenvalue weighted by Gasteiger charge is -2.32. The second-order valence-electron chi connectivity index (χ2n) is 6.00. The Morgan fingerprint density at radius 2 is 2.12 bits per heavy atom. The number of hydrogen-bond acceptors (Lipinski definition) is 4. The van der Waals surface area contributed by atoms with Gasteiger partial charge in [-0.05, 0) is 36.2 Å². The molecule has 2 aliphatic rings. The number of benzene rings is 1. The Labute approximate surface area is 156 Å². The van der Waals surface area contributed by atoms with E-state index in [0.29, 0.717) is 16.1 Å². The van der Waals surface area contributed by atoms with Gasteiger partial charge in [0.15, 0.2) is 5.17 Å². The van der Waals surface area contributed by atoms with Crippen LogP contribution in [0.1, 0.15) is 36.7 Å². The number of rotatable bonds is 3. The molecule has 3 atom stereocenters. The van der Waals surface area contributed by atoms with Crippen LogP contribution >= 0.6 is 35.0 Å². The Balaban J connectivity index is 1.82. The first-order valence-electron chi connectivity index (χ1n) is 8.04. The van der Waals surface area contributed by atoms with Crippen molar-refractivity contribution in [1.82, 2.24) is 9.88 Å². The molecule has 1 aromatic carbocycles. The number of aliphatic imine (C=N–C) groups is 1. The number of nitrogens with zero attached hydrogens (tertiary/aromatic N) is 3. The van der Waals surface area contributed by atoms with Crippen LogP contribution in [0.4, 0.5) is 0 Å². The zero-order chi connectivity index (χ0) is 16.7. The van der Waals surface area contributed by atoms with E-state index in [9.17, 15) is 0 Å². The van der Waals surface area contributed by atoms with E-state index in [1.807, 2.05) is 54.4 Å². The van der Waals surface area contributed by atoms with E-state index in [2.05, 4.69) is 16.8 Å². The summed E-state index contributed by atoms with van der Waals surface area (Å²) < 4.78 is 0. The van der Waals surface area contributed by atoms with Gasteiger partial charge in [-0.2, -0.15) is 0 Å². The van der Waals surface area contributed by atoms with Crippen LogP contribution in [0.15, 0.2) is 47.6 Å². The van der Waals surface area contributed by atoms with Gasteiger partial charge in [0.05, 0.1) is 11.7 Å². The molecule has 2 aliphatic heterocycles. The van der Waals surface area contributed by atoms with Gasteiger partial charge in [-0.3, -0.25) is 9.98 Å². The highest BCUT2D eigenvalue weighted by molar-refractivity contribution is 8.14. The summed E-state index contributed by atoms with van der Waals surface area (Å²) in [5.74, 6) is 1.08. The van der Waals surface area contributed by atoms with Crippen LogP contribution in [-0.2, 0) is 0 Å². The maximum Gasteiger partial charge on any atom is 0.160 e. The van der Waals surface area contributed by atoms with Gasteiger partial charge in [-0.15, -0.1) is 0 Å². The van der Waals surface area contributed by atoms with Crippen molar-refractivity contribution in [2.45, 2.75) is 31.5 Å². The van der Waals surface area contributed by atoms with Gasteiger partial charge in [0, 0.05) is 28.0 Å². The van der Waals surface area contributed by atoms with Crippen molar-refractivity contribution in [3.8, 4) is 0 Å². The second-order valence-corrected chi connectivity index (χ2v) is 7.83. The first kappa shape index (κ1) is 16.2. The zero-order valence-corrected chi connectivity index (χ0v) is 15.5. The van der Waals surface area contributed by atoms with E-state index in [1.165, 1.54) is 0 Å². The predicted octanol–water partition coefficient (Wildman–Crippen LogP) is 5.37. The number of pyridine rings is 1. The number of halogens is 2. The molecule has 0 aliphatic carbocycles. The average Bonchev–Trinajstić information content (AvgIpc) is 3.15.